The molecule has 11 heteroatoms. The highest BCUT2D eigenvalue weighted by molar-refractivity contribution is 8.00. The normalized spacial score (nSPS) is 13.1. The lowest BCUT2D eigenvalue weighted by atomic mass is 10.2. The summed E-state index contributed by atoms with van der Waals surface area (Å²) in [7, 11) is 0. The molecule has 0 unspecified atom stereocenters. The number of carbonyl (C=O) groups is 2. The lowest BCUT2D eigenvalue weighted by molar-refractivity contribution is -0.387. The van der Waals surface area contributed by atoms with Crippen molar-refractivity contribution < 1.29 is 14.5 Å². The molecular formula is C22H22N6O4S. The number of rotatable bonds is 7. The highest BCUT2D eigenvalue weighted by atomic mass is 32.2. The first-order valence-electron chi connectivity index (χ1n) is 10.5. The van der Waals surface area contributed by atoms with E-state index in [1.165, 1.54) is 18.6 Å². The van der Waals surface area contributed by atoms with Crippen LogP contribution >= 0.6 is 11.8 Å². The molecule has 0 aliphatic carbocycles. The molecule has 0 atom stereocenters. The second kappa shape index (κ2) is 9.82. The zero-order valence-electron chi connectivity index (χ0n) is 17.7. The van der Waals surface area contributed by atoms with Crippen molar-refractivity contribution in [2.24, 2.45) is 5.73 Å². The van der Waals surface area contributed by atoms with Gasteiger partial charge in [0.25, 0.3) is 5.69 Å². The molecule has 1 aromatic heterocycles. The van der Waals surface area contributed by atoms with Gasteiger partial charge in [0, 0.05) is 35.8 Å². The molecule has 3 aromatic rings. The third kappa shape index (κ3) is 5.20. The smallest absolute Gasteiger partial charge is 0.283 e. The highest BCUT2D eigenvalue weighted by Crippen LogP contribution is 2.30. The van der Waals surface area contributed by atoms with Gasteiger partial charge in [0.2, 0.25) is 11.8 Å². The number of nitrogens with zero attached hydrogens (tertiary/aromatic N) is 4. The number of nitrogens with two attached hydrogens (primary N) is 1. The quantitative estimate of drug-likeness (QED) is 0.308. The Morgan fingerprint density at radius 2 is 2.00 bits per heavy atom. The minimum atomic E-state index is -0.753. The molecule has 2 aromatic carbocycles. The summed E-state index contributed by atoms with van der Waals surface area (Å²) in [5, 5.41) is 22.8. The Hall–Kier alpha value is -3.73. The van der Waals surface area contributed by atoms with Crippen molar-refractivity contribution >= 4 is 35.0 Å². The van der Waals surface area contributed by atoms with Gasteiger partial charge in [-0.1, -0.05) is 18.6 Å². The van der Waals surface area contributed by atoms with Crippen molar-refractivity contribution in [3.63, 3.8) is 0 Å². The minimum absolute atomic E-state index is 0.0404. The Morgan fingerprint density at radius 3 is 2.79 bits per heavy atom. The molecule has 0 bridgehead atoms. The van der Waals surface area contributed by atoms with E-state index in [-0.39, 0.29) is 27.8 Å². The second-order valence-electron chi connectivity index (χ2n) is 7.62. The van der Waals surface area contributed by atoms with Crippen LogP contribution in [0, 0.1) is 10.1 Å². The first-order valence-corrected chi connectivity index (χ1v) is 11.4. The number of anilines is 1. The molecule has 0 radical (unpaired) electrons. The first kappa shape index (κ1) is 22.5. The Labute approximate surface area is 193 Å². The van der Waals surface area contributed by atoms with E-state index >= 15 is 0 Å². The molecule has 0 spiro atoms. The van der Waals surface area contributed by atoms with Gasteiger partial charge in [0.15, 0.2) is 5.82 Å². The molecule has 0 saturated heterocycles. The molecule has 3 N–H and O–H groups in total. The number of amides is 2. The molecule has 33 heavy (non-hydrogen) atoms. The molecule has 2 amide bonds. The molecule has 1 aliphatic rings. The van der Waals surface area contributed by atoms with Gasteiger partial charge in [-0.25, -0.2) is 0 Å². The van der Waals surface area contributed by atoms with Crippen LogP contribution in [0.4, 0.5) is 11.4 Å². The van der Waals surface area contributed by atoms with Crippen molar-refractivity contribution in [2.75, 3.05) is 11.1 Å². The third-order valence-electron chi connectivity index (χ3n) is 5.31. The highest BCUT2D eigenvalue weighted by Gasteiger charge is 2.19. The van der Waals surface area contributed by atoms with Gasteiger partial charge < -0.3 is 15.6 Å². The summed E-state index contributed by atoms with van der Waals surface area (Å²) in [5.41, 5.74) is 6.43. The number of primary amides is 1. The van der Waals surface area contributed by atoms with E-state index in [4.69, 9.17) is 5.73 Å². The molecule has 4 rings (SSSR count). The Bertz CT molecular complexity index is 1230. The molecular weight excluding hydrogens is 444 g/mol. The van der Waals surface area contributed by atoms with Gasteiger partial charge in [-0.3, -0.25) is 19.7 Å². The number of nitro benzene ring substituents is 1. The largest absolute Gasteiger partial charge is 0.366 e. The number of benzene rings is 2. The molecule has 0 saturated carbocycles. The van der Waals surface area contributed by atoms with Crippen LogP contribution in [0.5, 0.6) is 0 Å². The number of carbonyl (C=O) groups excluding carboxylic acids is 2. The van der Waals surface area contributed by atoms with Crippen molar-refractivity contribution in [1.82, 2.24) is 14.8 Å². The molecule has 0 fully saturated rings. The summed E-state index contributed by atoms with van der Waals surface area (Å²) in [5.74, 6) is 0.656. The zero-order valence-corrected chi connectivity index (χ0v) is 18.5. The van der Waals surface area contributed by atoms with Crippen LogP contribution in [-0.2, 0) is 17.8 Å². The second-order valence-corrected chi connectivity index (χ2v) is 8.64. The number of fused-ring (bicyclic) bond motifs is 1. The van der Waals surface area contributed by atoms with Crippen LogP contribution in [0.15, 0.2) is 47.4 Å². The summed E-state index contributed by atoms with van der Waals surface area (Å²) in [6, 6.07) is 11.3. The van der Waals surface area contributed by atoms with Crippen LogP contribution in [0.2, 0.25) is 0 Å². The number of hydrogen-bond donors (Lipinski definition) is 2. The van der Waals surface area contributed by atoms with E-state index in [2.05, 4.69) is 20.1 Å². The van der Waals surface area contributed by atoms with E-state index in [9.17, 15) is 19.7 Å². The maximum atomic E-state index is 12.5. The van der Waals surface area contributed by atoms with Crippen molar-refractivity contribution in [1.29, 1.82) is 0 Å². The average molecular weight is 467 g/mol. The van der Waals surface area contributed by atoms with Gasteiger partial charge in [0.1, 0.15) is 5.82 Å². The molecule has 1 aliphatic heterocycles. The lowest BCUT2D eigenvalue weighted by Crippen LogP contribution is -2.14. The number of hydrogen-bond acceptors (Lipinski definition) is 7. The van der Waals surface area contributed by atoms with E-state index in [0.29, 0.717) is 5.69 Å². The number of aromatic nitrogens is 3. The zero-order chi connectivity index (χ0) is 23.4. The Kier molecular flexibility index (Phi) is 6.68. The Balaban J connectivity index is 1.45. The van der Waals surface area contributed by atoms with E-state index < -0.39 is 10.8 Å². The first-order chi connectivity index (χ1) is 15.9. The summed E-state index contributed by atoms with van der Waals surface area (Å²) in [6.07, 6.45) is 4.26. The monoisotopic (exact) mass is 466 g/mol. The van der Waals surface area contributed by atoms with Crippen LogP contribution < -0.4 is 11.1 Å². The van der Waals surface area contributed by atoms with Gasteiger partial charge in [0.05, 0.1) is 15.6 Å². The fraction of sp³-hybridized carbons (Fsp3) is 0.273. The predicted octanol–water partition coefficient (Wildman–Crippen LogP) is 3.41. The van der Waals surface area contributed by atoms with Crippen LogP contribution in [0.25, 0.3) is 11.4 Å². The van der Waals surface area contributed by atoms with Gasteiger partial charge in [-0.15, -0.1) is 22.0 Å². The summed E-state index contributed by atoms with van der Waals surface area (Å²) < 4.78 is 2.14. The summed E-state index contributed by atoms with van der Waals surface area (Å²) in [6.45, 7) is 0.873. The van der Waals surface area contributed by atoms with Crippen LogP contribution in [-0.4, -0.2) is 37.3 Å². The summed E-state index contributed by atoms with van der Waals surface area (Å²) in [4.78, 5) is 34.8. The maximum Gasteiger partial charge on any atom is 0.283 e. The van der Waals surface area contributed by atoms with E-state index in [1.54, 1.807) is 6.07 Å². The average Bonchev–Trinajstić information content (AvgIpc) is 3.05. The molecule has 170 valence electrons. The van der Waals surface area contributed by atoms with Crippen LogP contribution in [0.3, 0.4) is 0 Å². The van der Waals surface area contributed by atoms with Gasteiger partial charge in [-0.2, -0.15) is 0 Å². The fourth-order valence-corrected chi connectivity index (χ4v) is 4.51. The Morgan fingerprint density at radius 1 is 1.15 bits per heavy atom. The van der Waals surface area contributed by atoms with E-state index in [1.807, 2.05) is 18.2 Å². The number of nitrogens with one attached hydrogen (secondary N) is 1. The minimum Gasteiger partial charge on any atom is -0.366 e. The SMILES string of the molecule is NC(=O)c1ccc(SCC(=O)Nc2cccc(-c3nnc4n3CCCCC4)c2)c([N+](=O)[O-])c1. The number of aryl methyl sites for hydroxylation is 1. The third-order valence-corrected chi connectivity index (χ3v) is 6.38. The molecule has 2 heterocycles. The topological polar surface area (TPSA) is 146 Å². The standard InChI is InChI=1S/C22H22N6O4S/c23-21(30)14-8-9-18(17(12-14)28(31)32)33-13-20(29)24-16-6-4-5-15(11-16)22-26-25-19-7-2-1-3-10-27(19)22/h4-6,8-9,11-12H,1-3,7,10,13H2,(H2,23,30)(H,24,29). The summed E-state index contributed by atoms with van der Waals surface area (Å²) >= 11 is 1.01. The number of thioether (sulfide) groups is 1. The predicted molar refractivity (Wildman–Crippen MR) is 124 cm³/mol. The lowest BCUT2D eigenvalue weighted by Gasteiger charge is -2.10. The maximum absolute atomic E-state index is 12.5. The van der Waals surface area contributed by atoms with Crippen LogP contribution in [0.1, 0.15) is 35.4 Å². The van der Waals surface area contributed by atoms with Gasteiger partial charge >= 0.3 is 0 Å². The van der Waals surface area contributed by atoms with Crippen molar-refractivity contribution in [3.8, 4) is 11.4 Å². The van der Waals surface area contributed by atoms with Crippen molar-refractivity contribution in [3.05, 3.63) is 64.0 Å². The number of nitro groups is 1. The van der Waals surface area contributed by atoms with Gasteiger partial charge in [-0.05, 0) is 37.1 Å². The molecule has 10 nitrogen and oxygen atoms in total. The van der Waals surface area contributed by atoms with Crippen molar-refractivity contribution in [2.45, 2.75) is 37.1 Å². The van der Waals surface area contributed by atoms with E-state index in [0.717, 1.165) is 60.8 Å². The fourth-order valence-electron chi connectivity index (χ4n) is 3.71.